The van der Waals surface area contributed by atoms with E-state index in [-0.39, 0.29) is 5.91 Å². The molecule has 0 unspecified atom stereocenters. The molecule has 1 aliphatic rings. The van der Waals surface area contributed by atoms with Crippen LogP contribution in [0.3, 0.4) is 0 Å². The van der Waals surface area contributed by atoms with Crippen LogP contribution in [-0.2, 0) is 19.3 Å². The highest BCUT2D eigenvalue weighted by Crippen LogP contribution is 2.32. The second-order valence-corrected chi connectivity index (χ2v) is 7.78. The molecule has 0 fully saturated rings. The Kier molecular flexibility index (Phi) is 4.41. The van der Waals surface area contributed by atoms with Gasteiger partial charge in [0.15, 0.2) is 0 Å². The zero-order chi connectivity index (χ0) is 18.3. The Labute approximate surface area is 154 Å². The summed E-state index contributed by atoms with van der Waals surface area (Å²) in [5, 5.41) is 17.3. The second kappa shape index (κ2) is 6.73. The van der Waals surface area contributed by atoms with Gasteiger partial charge in [0.25, 0.3) is 11.6 Å². The van der Waals surface area contributed by atoms with E-state index in [1.54, 1.807) is 0 Å². The van der Waals surface area contributed by atoms with Gasteiger partial charge in [0, 0.05) is 18.7 Å². The molecular formula is C17H20N6O2S. The molecule has 136 valence electrons. The Hall–Kier alpha value is -2.39. The highest BCUT2D eigenvalue weighted by atomic mass is 32.1. The van der Waals surface area contributed by atoms with Crippen LogP contribution in [0.5, 0.6) is 0 Å². The highest BCUT2D eigenvalue weighted by molar-refractivity contribution is 7.15. The van der Waals surface area contributed by atoms with Crippen molar-refractivity contribution < 1.29 is 9.32 Å². The average molecular weight is 372 g/mol. The van der Waals surface area contributed by atoms with Gasteiger partial charge in [-0.05, 0) is 45.8 Å². The smallest absolute Gasteiger partial charge is 0.259 e. The summed E-state index contributed by atoms with van der Waals surface area (Å²) in [4.78, 5) is 19.7. The van der Waals surface area contributed by atoms with E-state index >= 15 is 0 Å². The van der Waals surface area contributed by atoms with Crippen LogP contribution in [0, 0.1) is 6.92 Å². The number of fused-ring (bicyclic) bond motifs is 2. The number of anilines is 1. The van der Waals surface area contributed by atoms with Crippen LogP contribution in [0.25, 0.3) is 11.1 Å². The van der Waals surface area contributed by atoms with Gasteiger partial charge in [-0.25, -0.2) is 4.98 Å². The van der Waals surface area contributed by atoms with Crippen LogP contribution >= 0.6 is 11.3 Å². The molecule has 0 spiro atoms. The van der Waals surface area contributed by atoms with Gasteiger partial charge in [0.05, 0.1) is 16.6 Å². The topological polar surface area (TPSA) is 97.0 Å². The molecule has 26 heavy (non-hydrogen) atoms. The van der Waals surface area contributed by atoms with E-state index in [4.69, 9.17) is 4.52 Å². The van der Waals surface area contributed by atoms with E-state index in [2.05, 4.69) is 30.6 Å². The fourth-order valence-corrected chi connectivity index (χ4v) is 3.97. The van der Waals surface area contributed by atoms with E-state index in [1.165, 1.54) is 11.3 Å². The summed E-state index contributed by atoms with van der Waals surface area (Å²) >= 11 is 1.41. The lowest BCUT2D eigenvalue weighted by Gasteiger charge is -2.08. The number of hydrogen-bond acceptors (Lipinski definition) is 8. The van der Waals surface area contributed by atoms with E-state index in [1.807, 2.05) is 21.0 Å². The molecule has 3 heterocycles. The number of pyridine rings is 1. The molecule has 8 nitrogen and oxygen atoms in total. The predicted octanol–water partition coefficient (Wildman–Crippen LogP) is 2.23. The van der Waals surface area contributed by atoms with Crippen LogP contribution in [0.4, 0.5) is 5.13 Å². The first-order valence-electron chi connectivity index (χ1n) is 8.59. The lowest BCUT2D eigenvalue weighted by atomic mass is 10.0. The number of nitrogens with one attached hydrogen (secondary N) is 1. The maximum absolute atomic E-state index is 13.0. The number of carbonyl (C=O) groups excluding carboxylic acids is 1. The lowest BCUT2D eigenvalue weighted by molar-refractivity contribution is 0.102. The Balaban J connectivity index is 1.64. The van der Waals surface area contributed by atoms with Gasteiger partial charge in [0.1, 0.15) is 5.01 Å². The van der Waals surface area contributed by atoms with Gasteiger partial charge in [0.2, 0.25) is 5.13 Å². The monoisotopic (exact) mass is 372 g/mol. The molecule has 1 amide bonds. The van der Waals surface area contributed by atoms with Gasteiger partial charge < -0.3 is 9.42 Å². The maximum Gasteiger partial charge on any atom is 0.259 e. The van der Waals surface area contributed by atoms with Crippen molar-refractivity contribution in [3.8, 4) is 0 Å². The molecule has 1 aliphatic carbocycles. The highest BCUT2D eigenvalue weighted by Gasteiger charge is 2.27. The molecule has 0 atom stereocenters. The number of carbonyl (C=O) groups is 1. The molecule has 1 N–H and O–H groups in total. The number of rotatable bonds is 5. The van der Waals surface area contributed by atoms with E-state index in [0.29, 0.717) is 27.5 Å². The minimum Gasteiger partial charge on any atom is -0.336 e. The van der Waals surface area contributed by atoms with Crippen molar-refractivity contribution in [3.63, 3.8) is 0 Å². The predicted molar refractivity (Wildman–Crippen MR) is 98.7 cm³/mol. The maximum atomic E-state index is 13.0. The van der Waals surface area contributed by atoms with Crippen LogP contribution in [-0.4, -0.2) is 51.8 Å². The number of hydrogen-bond donors (Lipinski definition) is 1. The first-order chi connectivity index (χ1) is 12.5. The molecule has 0 aromatic carbocycles. The third-order valence-corrected chi connectivity index (χ3v) is 5.41. The fourth-order valence-electron chi connectivity index (χ4n) is 3.25. The van der Waals surface area contributed by atoms with E-state index in [0.717, 1.165) is 48.5 Å². The summed E-state index contributed by atoms with van der Waals surface area (Å²) < 4.78 is 5.30. The number of aromatic nitrogens is 4. The molecule has 0 saturated carbocycles. The molecule has 4 rings (SSSR count). The number of likely N-dealkylation sites (N-methyl/N-ethyl adjacent to an activating group) is 1. The van der Waals surface area contributed by atoms with Crippen LogP contribution in [0.15, 0.2) is 4.52 Å². The molecule has 9 heteroatoms. The Bertz CT molecular complexity index is 977. The molecule has 3 aromatic heterocycles. The average Bonchev–Trinajstić information content (AvgIpc) is 3.32. The summed E-state index contributed by atoms with van der Waals surface area (Å²) in [6, 6.07) is 0. The molecule has 0 aliphatic heterocycles. The number of nitrogens with zero attached hydrogens (tertiary/aromatic N) is 5. The van der Waals surface area contributed by atoms with Crippen molar-refractivity contribution in [2.24, 2.45) is 0 Å². The van der Waals surface area contributed by atoms with Gasteiger partial charge in [-0.15, -0.1) is 10.2 Å². The first kappa shape index (κ1) is 17.0. The normalized spacial score (nSPS) is 13.5. The summed E-state index contributed by atoms with van der Waals surface area (Å²) in [6.45, 7) is 2.72. The summed E-state index contributed by atoms with van der Waals surface area (Å²) in [7, 11) is 4.03. The van der Waals surface area contributed by atoms with Crippen LogP contribution in [0.1, 0.15) is 38.7 Å². The molecule has 0 bridgehead atoms. The van der Waals surface area contributed by atoms with Crippen LogP contribution in [0.2, 0.25) is 0 Å². The standard InChI is InChI=1S/C17H20N6O2S/c1-9-13-14(10-5-4-6-11(10)18-16(13)25-22-9)15(24)19-17-21-20-12(26-17)7-8-23(2)3/h4-8H2,1-3H3,(H,19,21,24). The second-order valence-electron chi connectivity index (χ2n) is 6.72. The summed E-state index contributed by atoms with van der Waals surface area (Å²) in [6.07, 6.45) is 3.50. The molecule has 0 saturated heterocycles. The lowest BCUT2D eigenvalue weighted by Crippen LogP contribution is -2.15. The third kappa shape index (κ3) is 3.08. The Morgan fingerprint density at radius 3 is 2.96 bits per heavy atom. The molecular weight excluding hydrogens is 352 g/mol. The van der Waals surface area contributed by atoms with Crippen molar-refractivity contribution in [1.29, 1.82) is 0 Å². The number of aryl methyl sites for hydroxylation is 2. The SMILES string of the molecule is Cc1noc2nc3c(c(C(=O)Nc4nnc(CCN(C)C)s4)c12)CCC3. The largest absolute Gasteiger partial charge is 0.336 e. The van der Waals surface area contributed by atoms with E-state index in [9.17, 15) is 4.79 Å². The Morgan fingerprint density at radius 1 is 1.31 bits per heavy atom. The molecule has 3 aromatic rings. The number of amides is 1. The molecule has 0 radical (unpaired) electrons. The first-order valence-corrected chi connectivity index (χ1v) is 9.40. The van der Waals surface area contributed by atoms with Crippen LogP contribution < -0.4 is 5.32 Å². The third-order valence-electron chi connectivity index (χ3n) is 4.51. The summed E-state index contributed by atoms with van der Waals surface area (Å²) in [5.74, 6) is -0.197. The fraction of sp³-hybridized carbons (Fsp3) is 0.471. The van der Waals surface area contributed by atoms with E-state index < -0.39 is 0 Å². The van der Waals surface area contributed by atoms with Crippen molar-refractivity contribution in [2.75, 3.05) is 26.0 Å². The van der Waals surface area contributed by atoms with Gasteiger partial charge in [-0.1, -0.05) is 16.5 Å². The Morgan fingerprint density at radius 2 is 2.15 bits per heavy atom. The van der Waals surface area contributed by atoms with Gasteiger partial charge in [-0.3, -0.25) is 10.1 Å². The van der Waals surface area contributed by atoms with Crippen molar-refractivity contribution >= 4 is 33.5 Å². The van der Waals surface area contributed by atoms with Crippen molar-refractivity contribution in [2.45, 2.75) is 32.6 Å². The zero-order valence-electron chi connectivity index (χ0n) is 15.0. The van der Waals surface area contributed by atoms with Crippen molar-refractivity contribution in [1.82, 2.24) is 25.2 Å². The zero-order valence-corrected chi connectivity index (χ0v) is 15.8. The minimum atomic E-state index is -0.197. The quantitative estimate of drug-likeness (QED) is 0.733. The van der Waals surface area contributed by atoms with Crippen molar-refractivity contribution in [3.05, 3.63) is 27.5 Å². The van der Waals surface area contributed by atoms with Gasteiger partial charge >= 0.3 is 0 Å². The minimum absolute atomic E-state index is 0.197. The van der Waals surface area contributed by atoms with Gasteiger partial charge in [-0.2, -0.15) is 0 Å². The summed E-state index contributed by atoms with van der Waals surface area (Å²) in [5.41, 5.74) is 3.65.